The molecule has 7 nitrogen and oxygen atoms in total. The van der Waals surface area contributed by atoms with Crippen LogP contribution in [0.15, 0.2) is 78.2 Å². The molecule has 3 atom stereocenters. The highest BCUT2D eigenvalue weighted by Crippen LogP contribution is 2.43. The van der Waals surface area contributed by atoms with Crippen molar-refractivity contribution in [1.29, 1.82) is 0 Å². The predicted molar refractivity (Wildman–Crippen MR) is 157 cm³/mol. The number of benzene rings is 2. The number of hydrogen-bond donors (Lipinski definition) is 1. The van der Waals surface area contributed by atoms with Crippen molar-refractivity contribution < 1.29 is 19.1 Å². The molecule has 4 heterocycles. The van der Waals surface area contributed by atoms with Crippen molar-refractivity contribution in [2.75, 3.05) is 25.4 Å². The molecule has 3 saturated heterocycles. The number of likely N-dealkylation sites (tertiary alicyclic amines) is 1. The van der Waals surface area contributed by atoms with Gasteiger partial charge >= 0.3 is 5.97 Å². The Hall–Kier alpha value is -3.14. The summed E-state index contributed by atoms with van der Waals surface area (Å²) in [6.07, 6.45) is 2.88. The number of piperidine rings is 1. The van der Waals surface area contributed by atoms with Gasteiger partial charge in [-0.15, -0.1) is 23.1 Å². The van der Waals surface area contributed by atoms with Crippen LogP contribution >= 0.6 is 23.1 Å². The van der Waals surface area contributed by atoms with Gasteiger partial charge in [0.2, 0.25) is 11.8 Å². The lowest BCUT2D eigenvalue weighted by atomic mass is 9.91. The number of hydrogen-bond acceptors (Lipinski definition) is 7. The van der Waals surface area contributed by atoms with E-state index in [9.17, 15) is 14.4 Å². The molecule has 3 aliphatic rings. The van der Waals surface area contributed by atoms with E-state index in [0.29, 0.717) is 5.75 Å². The summed E-state index contributed by atoms with van der Waals surface area (Å²) in [6, 6.07) is 22.9. The Morgan fingerprint density at radius 2 is 1.62 bits per heavy atom. The zero-order valence-corrected chi connectivity index (χ0v) is 23.9. The highest BCUT2D eigenvalue weighted by Gasteiger charge is 2.60. The quantitative estimate of drug-likeness (QED) is 0.320. The van der Waals surface area contributed by atoms with Crippen LogP contribution in [0.3, 0.4) is 0 Å². The Balaban J connectivity index is 1.22. The second-order valence-corrected chi connectivity index (χ2v) is 12.8. The van der Waals surface area contributed by atoms with E-state index in [1.54, 1.807) is 16.7 Å². The highest BCUT2D eigenvalue weighted by molar-refractivity contribution is 8.00. The molecule has 3 aliphatic heterocycles. The van der Waals surface area contributed by atoms with Crippen molar-refractivity contribution in [2.24, 2.45) is 0 Å². The van der Waals surface area contributed by atoms with Crippen molar-refractivity contribution in [3.63, 3.8) is 0 Å². The van der Waals surface area contributed by atoms with E-state index < -0.39 is 17.7 Å². The number of nitrogens with zero attached hydrogens (tertiary/aromatic N) is 2. The molecule has 40 heavy (non-hydrogen) atoms. The fraction of sp³-hybridized carbons (Fsp3) is 0.387. The van der Waals surface area contributed by atoms with Crippen LogP contribution in [0.25, 0.3) is 0 Å². The highest BCUT2D eigenvalue weighted by atomic mass is 32.2. The van der Waals surface area contributed by atoms with Crippen molar-refractivity contribution in [3.05, 3.63) is 94.2 Å². The van der Waals surface area contributed by atoms with Crippen LogP contribution in [0.1, 0.15) is 41.4 Å². The summed E-state index contributed by atoms with van der Waals surface area (Å²) in [5.41, 5.74) is 0.877. The van der Waals surface area contributed by atoms with Crippen LogP contribution in [0.5, 0.6) is 0 Å². The molecule has 0 radical (unpaired) electrons. The molecule has 2 amide bonds. The second-order valence-electron chi connectivity index (χ2n) is 10.7. The van der Waals surface area contributed by atoms with E-state index in [-0.39, 0.29) is 36.1 Å². The zero-order valence-electron chi connectivity index (χ0n) is 22.2. The topological polar surface area (TPSA) is 79.0 Å². The number of carbonyl (C=O) groups excluding carboxylic acids is 3. The Bertz CT molecular complexity index is 1290. The minimum Gasteiger partial charge on any atom is -0.451 e. The Labute approximate surface area is 242 Å². The number of thioether (sulfide) groups is 1. The number of amides is 2. The molecule has 6 rings (SSSR count). The second kappa shape index (κ2) is 11.8. The number of rotatable bonds is 8. The fourth-order valence-electron chi connectivity index (χ4n) is 5.92. The Morgan fingerprint density at radius 3 is 2.25 bits per heavy atom. The molecule has 0 bridgehead atoms. The van der Waals surface area contributed by atoms with Crippen LogP contribution in [-0.2, 0) is 25.5 Å². The van der Waals surface area contributed by atoms with Crippen molar-refractivity contribution in [2.45, 2.75) is 48.7 Å². The van der Waals surface area contributed by atoms with Gasteiger partial charge in [0, 0.05) is 10.6 Å². The van der Waals surface area contributed by atoms with Crippen LogP contribution in [-0.4, -0.2) is 69.9 Å². The van der Waals surface area contributed by atoms with Crippen LogP contribution in [0.4, 0.5) is 0 Å². The molecule has 3 fully saturated rings. The van der Waals surface area contributed by atoms with Crippen molar-refractivity contribution >= 4 is 40.9 Å². The molecule has 2 aromatic carbocycles. The third kappa shape index (κ3) is 5.30. The average Bonchev–Trinajstić information content (AvgIpc) is 3.52. The summed E-state index contributed by atoms with van der Waals surface area (Å²) in [5, 5.41) is 4.70. The molecule has 0 spiro atoms. The summed E-state index contributed by atoms with van der Waals surface area (Å²) in [4.78, 5) is 45.2. The third-order valence-electron chi connectivity index (χ3n) is 8.07. The van der Waals surface area contributed by atoms with Gasteiger partial charge in [-0.3, -0.25) is 14.5 Å². The standard InChI is InChI=1S/C31H33N3O4S2/c35-25(19-24-15-10-18-39-24)32-26-28(36)34-20-31(21-40-29(26)34,33-16-8-3-9-17-33)30(37)38-27(22-11-4-1-5-12-22)23-13-6-2-7-14-23/h1-2,4-7,10-15,18,26-27,29H,3,8-9,16-17,19-21H2,(H,32,35)/t26?,29-,31?/m1/s1. The number of fused-ring (bicyclic) bond motifs is 1. The SMILES string of the molecule is O=C(Cc1cccs1)NC1C(=O)N2CC(C(=O)OC(c3ccccc3)c3ccccc3)(N3CCCCC3)CS[C@H]12. The lowest BCUT2D eigenvalue weighted by Crippen LogP contribution is -2.78. The summed E-state index contributed by atoms with van der Waals surface area (Å²) < 4.78 is 6.41. The van der Waals surface area contributed by atoms with Gasteiger partial charge < -0.3 is 15.0 Å². The number of thiophene rings is 1. The van der Waals surface area contributed by atoms with Crippen LogP contribution in [0, 0.1) is 0 Å². The molecule has 3 aromatic rings. The van der Waals surface area contributed by atoms with Crippen molar-refractivity contribution in [3.8, 4) is 0 Å². The van der Waals surface area contributed by atoms with Gasteiger partial charge in [-0.2, -0.15) is 0 Å². The molecule has 1 aromatic heterocycles. The van der Waals surface area contributed by atoms with Gasteiger partial charge in [0.15, 0.2) is 6.10 Å². The molecular formula is C31H33N3O4S2. The number of carbonyl (C=O) groups is 3. The van der Waals surface area contributed by atoms with Gasteiger partial charge in [0.25, 0.3) is 0 Å². The molecule has 2 unspecified atom stereocenters. The van der Waals surface area contributed by atoms with Gasteiger partial charge in [-0.25, -0.2) is 4.79 Å². The Kier molecular flexibility index (Phi) is 7.96. The summed E-state index contributed by atoms with van der Waals surface area (Å²) in [5.74, 6) is -0.0695. The Morgan fingerprint density at radius 1 is 0.950 bits per heavy atom. The first kappa shape index (κ1) is 27.1. The molecule has 208 valence electrons. The van der Waals surface area contributed by atoms with Gasteiger partial charge in [-0.1, -0.05) is 73.2 Å². The zero-order chi connectivity index (χ0) is 27.5. The average molecular weight is 576 g/mol. The largest absolute Gasteiger partial charge is 0.451 e. The van der Waals surface area contributed by atoms with Gasteiger partial charge in [-0.05, 0) is 48.5 Å². The number of esters is 1. The lowest BCUT2D eigenvalue weighted by Gasteiger charge is -2.57. The minimum atomic E-state index is -0.939. The van der Waals surface area contributed by atoms with Crippen molar-refractivity contribution in [1.82, 2.24) is 15.1 Å². The molecular weight excluding hydrogens is 542 g/mol. The number of ether oxygens (including phenoxy) is 1. The van der Waals surface area contributed by atoms with E-state index in [1.165, 1.54) is 11.3 Å². The van der Waals surface area contributed by atoms with Crippen LogP contribution < -0.4 is 5.32 Å². The minimum absolute atomic E-state index is 0.131. The summed E-state index contributed by atoms with van der Waals surface area (Å²) in [7, 11) is 0. The fourth-order valence-corrected chi connectivity index (χ4v) is 8.20. The monoisotopic (exact) mass is 575 g/mol. The molecule has 9 heteroatoms. The maximum absolute atomic E-state index is 14.3. The van der Waals surface area contributed by atoms with Gasteiger partial charge in [0.05, 0.1) is 13.0 Å². The lowest BCUT2D eigenvalue weighted by molar-refractivity contribution is -0.169. The number of nitrogens with one attached hydrogen (secondary N) is 1. The maximum atomic E-state index is 14.3. The van der Waals surface area contributed by atoms with E-state index in [4.69, 9.17) is 4.74 Å². The smallest absolute Gasteiger partial charge is 0.330 e. The normalized spacial score (nSPS) is 24.7. The first-order valence-corrected chi connectivity index (χ1v) is 15.8. The molecule has 0 aliphatic carbocycles. The van der Waals surface area contributed by atoms with E-state index in [2.05, 4.69) is 10.2 Å². The predicted octanol–water partition coefficient (Wildman–Crippen LogP) is 4.25. The van der Waals surface area contributed by atoms with Crippen LogP contribution in [0.2, 0.25) is 0 Å². The summed E-state index contributed by atoms with van der Waals surface area (Å²) in [6.45, 7) is 1.87. The molecule has 1 N–H and O–H groups in total. The summed E-state index contributed by atoms with van der Waals surface area (Å²) >= 11 is 3.10. The number of β-lactam (4-membered cyclic amide) rings is 1. The first-order chi connectivity index (χ1) is 19.5. The van der Waals surface area contributed by atoms with E-state index in [0.717, 1.165) is 48.4 Å². The molecule has 0 saturated carbocycles. The third-order valence-corrected chi connectivity index (χ3v) is 10.5. The van der Waals surface area contributed by atoms with E-state index >= 15 is 0 Å². The first-order valence-electron chi connectivity index (χ1n) is 13.8. The maximum Gasteiger partial charge on any atom is 0.330 e. The van der Waals surface area contributed by atoms with E-state index in [1.807, 2.05) is 78.2 Å². The van der Waals surface area contributed by atoms with Gasteiger partial charge in [0.1, 0.15) is 17.0 Å².